The van der Waals surface area contributed by atoms with Gasteiger partial charge in [0, 0.05) is 0 Å². The van der Waals surface area contributed by atoms with Crippen molar-refractivity contribution in [1.29, 1.82) is 0 Å². The van der Waals surface area contributed by atoms with Crippen LogP contribution < -0.4 is 0 Å². The van der Waals surface area contributed by atoms with Crippen molar-refractivity contribution < 1.29 is 14.6 Å². The molecule has 3 rings (SSSR count). The zero-order valence-corrected chi connectivity index (χ0v) is 10.1. The minimum absolute atomic E-state index is 0.0496. The van der Waals surface area contributed by atoms with Gasteiger partial charge >= 0.3 is 0 Å². The molecule has 0 radical (unpaired) electrons. The Morgan fingerprint density at radius 1 is 1.18 bits per heavy atom. The summed E-state index contributed by atoms with van der Waals surface area (Å²) in [6, 6.07) is 8.53. The summed E-state index contributed by atoms with van der Waals surface area (Å²) in [6.45, 7) is 4.94. The molecule has 92 valence electrons. The summed E-state index contributed by atoms with van der Waals surface area (Å²) in [5.74, 6) is 0. The smallest absolute Gasteiger partial charge is 0.0593 e. The lowest BCUT2D eigenvalue weighted by Crippen LogP contribution is -2.68. The highest BCUT2D eigenvalue weighted by molar-refractivity contribution is 5.35. The third-order valence-electron chi connectivity index (χ3n) is 4.34. The highest BCUT2D eigenvalue weighted by Crippen LogP contribution is 2.51. The summed E-state index contributed by atoms with van der Waals surface area (Å²) in [7, 11) is 0. The average molecular weight is 234 g/mol. The fourth-order valence-corrected chi connectivity index (χ4v) is 2.90. The molecule has 2 saturated heterocycles. The van der Waals surface area contributed by atoms with Gasteiger partial charge in [-0.1, -0.05) is 29.8 Å². The molecule has 17 heavy (non-hydrogen) atoms. The molecule has 2 aliphatic heterocycles. The molecule has 3 nitrogen and oxygen atoms in total. The maximum absolute atomic E-state index is 9.73. The van der Waals surface area contributed by atoms with E-state index in [0.717, 1.165) is 0 Å². The van der Waals surface area contributed by atoms with Gasteiger partial charge < -0.3 is 14.6 Å². The largest absolute Gasteiger partial charge is 0.396 e. The molecule has 2 aliphatic rings. The Morgan fingerprint density at radius 3 is 2.29 bits per heavy atom. The molecule has 2 heterocycles. The van der Waals surface area contributed by atoms with E-state index in [1.165, 1.54) is 11.1 Å². The first-order chi connectivity index (χ1) is 8.22. The van der Waals surface area contributed by atoms with Gasteiger partial charge in [0.15, 0.2) is 0 Å². The molecule has 1 N–H and O–H groups in total. The summed E-state index contributed by atoms with van der Waals surface area (Å²) in [4.78, 5) is 0. The van der Waals surface area contributed by atoms with E-state index in [4.69, 9.17) is 9.47 Å². The van der Waals surface area contributed by atoms with Crippen LogP contribution in [0.2, 0.25) is 0 Å². The van der Waals surface area contributed by atoms with Crippen LogP contribution in [0.1, 0.15) is 11.1 Å². The summed E-state index contributed by atoms with van der Waals surface area (Å²) in [5, 5.41) is 9.73. The zero-order valence-electron chi connectivity index (χ0n) is 10.1. The SMILES string of the molecule is Cc1cccc(C2(C3(CO)COC3)COC2)c1. The molecule has 0 saturated carbocycles. The minimum atomic E-state index is -0.140. The Bertz CT molecular complexity index is 414. The Hall–Kier alpha value is -0.900. The average Bonchev–Trinajstić information content (AvgIpc) is 2.20. The van der Waals surface area contributed by atoms with Crippen molar-refractivity contribution in [1.82, 2.24) is 0 Å². The van der Waals surface area contributed by atoms with Gasteiger partial charge in [-0.25, -0.2) is 0 Å². The predicted molar refractivity (Wildman–Crippen MR) is 64.0 cm³/mol. The molecule has 1 aromatic carbocycles. The van der Waals surface area contributed by atoms with Crippen LogP contribution in [0, 0.1) is 12.3 Å². The van der Waals surface area contributed by atoms with E-state index >= 15 is 0 Å². The molecule has 0 unspecified atom stereocenters. The number of benzene rings is 1. The Morgan fingerprint density at radius 2 is 1.88 bits per heavy atom. The molecule has 0 bridgehead atoms. The van der Waals surface area contributed by atoms with Crippen molar-refractivity contribution in [3.63, 3.8) is 0 Å². The van der Waals surface area contributed by atoms with Gasteiger partial charge in [0.25, 0.3) is 0 Å². The molecule has 2 fully saturated rings. The van der Waals surface area contributed by atoms with Crippen LogP contribution in [0.3, 0.4) is 0 Å². The lowest BCUT2D eigenvalue weighted by molar-refractivity contribution is -0.242. The van der Waals surface area contributed by atoms with Crippen molar-refractivity contribution in [2.24, 2.45) is 5.41 Å². The Balaban J connectivity index is 2.02. The van der Waals surface area contributed by atoms with Crippen LogP contribution in [0.15, 0.2) is 24.3 Å². The van der Waals surface area contributed by atoms with Crippen LogP contribution >= 0.6 is 0 Å². The van der Waals surface area contributed by atoms with Crippen molar-refractivity contribution in [2.45, 2.75) is 12.3 Å². The Labute approximate surface area is 101 Å². The van der Waals surface area contributed by atoms with E-state index < -0.39 is 0 Å². The molecule has 0 atom stereocenters. The summed E-state index contributed by atoms with van der Waals surface area (Å²) >= 11 is 0. The maximum atomic E-state index is 9.73. The van der Waals surface area contributed by atoms with Gasteiger partial charge in [0.05, 0.1) is 43.9 Å². The normalized spacial score (nSPS) is 24.8. The van der Waals surface area contributed by atoms with Gasteiger partial charge in [0.1, 0.15) is 0 Å². The molecular formula is C14H18O3. The van der Waals surface area contributed by atoms with Crippen LogP contribution in [0.25, 0.3) is 0 Å². The number of aryl methyl sites for hydroxylation is 1. The first-order valence-corrected chi connectivity index (χ1v) is 6.06. The highest BCUT2D eigenvalue weighted by atomic mass is 16.5. The lowest BCUT2D eigenvalue weighted by Gasteiger charge is -2.58. The molecule has 1 aromatic rings. The zero-order chi connectivity index (χ0) is 11.9. The van der Waals surface area contributed by atoms with Crippen molar-refractivity contribution in [2.75, 3.05) is 33.0 Å². The molecule has 0 aromatic heterocycles. The van der Waals surface area contributed by atoms with E-state index in [0.29, 0.717) is 26.4 Å². The molecule has 0 spiro atoms. The van der Waals surface area contributed by atoms with Gasteiger partial charge in [-0.05, 0) is 12.5 Å². The standard InChI is InChI=1S/C14H18O3/c1-11-3-2-4-12(5-11)14(9-17-10-14)13(6-15)7-16-8-13/h2-5,15H,6-10H2,1H3. The number of rotatable bonds is 3. The fourth-order valence-electron chi connectivity index (χ4n) is 2.90. The van der Waals surface area contributed by atoms with E-state index in [9.17, 15) is 5.11 Å². The van der Waals surface area contributed by atoms with E-state index in [-0.39, 0.29) is 17.4 Å². The highest BCUT2D eigenvalue weighted by Gasteiger charge is 2.60. The van der Waals surface area contributed by atoms with E-state index in [1.807, 2.05) is 0 Å². The van der Waals surface area contributed by atoms with Gasteiger partial charge in [-0.15, -0.1) is 0 Å². The molecule has 0 amide bonds. The van der Waals surface area contributed by atoms with Crippen molar-refractivity contribution in [3.05, 3.63) is 35.4 Å². The number of aliphatic hydroxyl groups is 1. The van der Waals surface area contributed by atoms with Crippen LogP contribution in [0.4, 0.5) is 0 Å². The molecule has 0 aliphatic carbocycles. The topological polar surface area (TPSA) is 38.7 Å². The number of hydrogen-bond donors (Lipinski definition) is 1. The van der Waals surface area contributed by atoms with Gasteiger partial charge in [-0.2, -0.15) is 0 Å². The maximum Gasteiger partial charge on any atom is 0.0593 e. The predicted octanol–water partition coefficient (Wildman–Crippen LogP) is 1.27. The first-order valence-electron chi connectivity index (χ1n) is 6.06. The summed E-state index contributed by atoms with van der Waals surface area (Å²) in [5.41, 5.74) is 2.34. The summed E-state index contributed by atoms with van der Waals surface area (Å²) < 4.78 is 10.8. The Kier molecular flexibility index (Phi) is 2.51. The van der Waals surface area contributed by atoms with Crippen LogP contribution in [-0.4, -0.2) is 38.1 Å². The van der Waals surface area contributed by atoms with Crippen molar-refractivity contribution >= 4 is 0 Å². The fraction of sp³-hybridized carbons (Fsp3) is 0.571. The monoisotopic (exact) mass is 234 g/mol. The third kappa shape index (κ3) is 1.39. The van der Waals surface area contributed by atoms with Gasteiger partial charge in [-0.3, -0.25) is 0 Å². The number of aliphatic hydroxyl groups excluding tert-OH is 1. The van der Waals surface area contributed by atoms with Crippen molar-refractivity contribution in [3.8, 4) is 0 Å². The molecule has 3 heteroatoms. The number of hydrogen-bond acceptors (Lipinski definition) is 3. The number of ether oxygens (including phenoxy) is 2. The van der Waals surface area contributed by atoms with E-state index in [1.54, 1.807) is 0 Å². The quantitative estimate of drug-likeness (QED) is 0.856. The second kappa shape index (κ2) is 3.80. The minimum Gasteiger partial charge on any atom is -0.396 e. The summed E-state index contributed by atoms with van der Waals surface area (Å²) in [6.07, 6.45) is 0. The second-order valence-electron chi connectivity index (χ2n) is 5.38. The lowest BCUT2D eigenvalue weighted by atomic mass is 9.57. The van der Waals surface area contributed by atoms with Gasteiger partial charge in [0.2, 0.25) is 0 Å². The van der Waals surface area contributed by atoms with Crippen LogP contribution in [0.5, 0.6) is 0 Å². The third-order valence-corrected chi connectivity index (χ3v) is 4.34. The first kappa shape index (κ1) is 11.2. The van der Waals surface area contributed by atoms with Crippen LogP contribution in [-0.2, 0) is 14.9 Å². The second-order valence-corrected chi connectivity index (χ2v) is 5.38. The molecular weight excluding hydrogens is 216 g/mol. The van der Waals surface area contributed by atoms with E-state index in [2.05, 4.69) is 31.2 Å².